The van der Waals surface area contributed by atoms with Crippen molar-refractivity contribution in [1.29, 1.82) is 0 Å². The Bertz CT molecular complexity index is 1080. The number of hydrogen-bond acceptors (Lipinski definition) is 7. The average Bonchev–Trinajstić information content (AvgIpc) is 3.04. The molecule has 0 saturated heterocycles. The van der Waals surface area contributed by atoms with Crippen molar-refractivity contribution in [3.05, 3.63) is 54.2 Å². The van der Waals surface area contributed by atoms with E-state index >= 15 is 0 Å². The van der Waals surface area contributed by atoms with Crippen LogP contribution in [0.2, 0.25) is 0 Å². The summed E-state index contributed by atoms with van der Waals surface area (Å²) in [7, 11) is 0. The van der Waals surface area contributed by atoms with Crippen LogP contribution in [0.3, 0.4) is 0 Å². The molecule has 0 spiro atoms. The van der Waals surface area contributed by atoms with Crippen molar-refractivity contribution >= 4 is 11.9 Å². The van der Waals surface area contributed by atoms with Crippen LogP contribution in [0.5, 0.6) is 11.5 Å². The molecular formula is C22H20F3N3O3S. The molecule has 1 aromatic heterocycles. The number of hydrogen-bond donors (Lipinski definition) is 0. The maximum atomic E-state index is 12.4. The van der Waals surface area contributed by atoms with Gasteiger partial charge in [-0.15, -0.1) is 23.4 Å². The highest BCUT2D eigenvalue weighted by Gasteiger charge is 2.31. The summed E-state index contributed by atoms with van der Waals surface area (Å²) in [6, 6.07) is 11.5. The minimum Gasteiger partial charge on any atom is -0.491 e. The van der Waals surface area contributed by atoms with Crippen molar-refractivity contribution in [1.82, 2.24) is 14.5 Å². The number of ether oxygens (including phenoxy) is 2. The van der Waals surface area contributed by atoms with Crippen LogP contribution in [-0.2, 0) is 6.54 Å². The van der Waals surface area contributed by atoms with E-state index in [1.165, 1.54) is 30.5 Å². The average molecular weight is 463 g/mol. The van der Waals surface area contributed by atoms with Crippen molar-refractivity contribution in [2.24, 2.45) is 0 Å². The van der Waals surface area contributed by atoms with Crippen molar-refractivity contribution < 1.29 is 27.1 Å². The molecule has 1 fully saturated rings. The molecule has 1 saturated carbocycles. The molecule has 0 unspecified atom stereocenters. The highest BCUT2D eigenvalue weighted by Crippen LogP contribution is 2.39. The lowest BCUT2D eigenvalue weighted by Crippen LogP contribution is -2.19. The summed E-state index contributed by atoms with van der Waals surface area (Å²) in [5.74, 6) is 2.22. The first kappa shape index (κ1) is 21.1. The number of nitrogens with zero attached hydrogens (tertiary/aromatic N) is 3. The van der Waals surface area contributed by atoms with Crippen LogP contribution in [0.25, 0.3) is 11.1 Å². The first-order valence-corrected chi connectivity index (χ1v) is 11.1. The van der Waals surface area contributed by atoms with Gasteiger partial charge < -0.3 is 13.9 Å². The molecule has 3 aromatic rings. The van der Waals surface area contributed by atoms with Crippen molar-refractivity contribution in [2.45, 2.75) is 43.0 Å². The zero-order chi connectivity index (χ0) is 22.1. The lowest BCUT2D eigenvalue weighted by atomic mass is 9.85. The molecule has 0 radical (unpaired) electrons. The Morgan fingerprint density at radius 3 is 2.56 bits per heavy atom. The monoisotopic (exact) mass is 463 g/mol. The Morgan fingerprint density at radius 2 is 1.84 bits per heavy atom. The van der Waals surface area contributed by atoms with E-state index < -0.39 is 6.36 Å². The van der Waals surface area contributed by atoms with Gasteiger partial charge in [0.2, 0.25) is 11.8 Å². The Hall–Kier alpha value is -2.72. The van der Waals surface area contributed by atoms with E-state index in [4.69, 9.17) is 9.15 Å². The second-order valence-electron chi connectivity index (χ2n) is 7.70. The molecule has 168 valence electrons. The van der Waals surface area contributed by atoms with E-state index in [0.29, 0.717) is 31.5 Å². The maximum Gasteiger partial charge on any atom is 0.573 e. The normalized spacial score (nSPS) is 17.2. The molecule has 2 aliphatic rings. The molecule has 0 amide bonds. The predicted molar refractivity (Wildman–Crippen MR) is 111 cm³/mol. The summed E-state index contributed by atoms with van der Waals surface area (Å²) >= 11 is 1.54. The smallest absolute Gasteiger partial charge is 0.491 e. The molecule has 2 heterocycles. The van der Waals surface area contributed by atoms with Crippen molar-refractivity contribution in [3.8, 4) is 22.6 Å². The first-order valence-electron chi connectivity index (χ1n) is 10.3. The minimum absolute atomic E-state index is 0.249. The largest absolute Gasteiger partial charge is 0.573 e. The SMILES string of the molecule is FC(F)(F)Oc1ccc(-c2ccc3c(c2)SN(Cc2nnc(C4CCC4)o2)CCO3)cc1. The topological polar surface area (TPSA) is 60.6 Å². The zero-order valence-corrected chi connectivity index (χ0v) is 17.8. The summed E-state index contributed by atoms with van der Waals surface area (Å²) in [5.41, 5.74) is 1.64. The highest BCUT2D eigenvalue weighted by atomic mass is 32.2. The van der Waals surface area contributed by atoms with Gasteiger partial charge in [-0.05, 0) is 60.2 Å². The van der Waals surface area contributed by atoms with Crippen molar-refractivity contribution in [3.63, 3.8) is 0 Å². The fourth-order valence-electron chi connectivity index (χ4n) is 3.58. The number of rotatable bonds is 5. The molecular weight excluding hydrogens is 443 g/mol. The van der Waals surface area contributed by atoms with Crippen LogP contribution in [0.15, 0.2) is 51.8 Å². The van der Waals surface area contributed by atoms with Crippen LogP contribution >= 0.6 is 11.9 Å². The summed E-state index contributed by atoms with van der Waals surface area (Å²) in [6.07, 6.45) is -1.29. The van der Waals surface area contributed by atoms with Gasteiger partial charge in [-0.2, -0.15) is 0 Å². The van der Waals surface area contributed by atoms with E-state index in [9.17, 15) is 13.2 Å². The number of aromatic nitrogens is 2. The van der Waals surface area contributed by atoms with E-state index in [2.05, 4.69) is 19.2 Å². The van der Waals surface area contributed by atoms with Crippen LogP contribution in [0.4, 0.5) is 13.2 Å². The van der Waals surface area contributed by atoms with Crippen molar-refractivity contribution in [2.75, 3.05) is 13.2 Å². The summed E-state index contributed by atoms with van der Waals surface area (Å²) in [4.78, 5) is 0.911. The second kappa shape index (κ2) is 8.67. The molecule has 1 aliphatic heterocycles. The first-order chi connectivity index (χ1) is 15.4. The molecule has 0 atom stereocenters. The van der Waals surface area contributed by atoms with Gasteiger partial charge >= 0.3 is 6.36 Å². The lowest BCUT2D eigenvalue weighted by molar-refractivity contribution is -0.274. The van der Waals surface area contributed by atoms with Gasteiger partial charge in [0.25, 0.3) is 0 Å². The molecule has 1 aliphatic carbocycles. The van der Waals surface area contributed by atoms with Crippen LogP contribution in [0, 0.1) is 0 Å². The summed E-state index contributed by atoms with van der Waals surface area (Å²) in [5, 5.41) is 8.38. The molecule has 2 aromatic carbocycles. The van der Waals surface area contributed by atoms with E-state index in [0.717, 1.165) is 40.5 Å². The van der Waals surface area contributed by atoms with E-state index in [-0.39, 0.29) is 5.75 Å². The molecule has 0 N–H and O–H groups in total. The molecule has 32 heavy (non-hydrogen) atoms. The van der Waals surface area contributed by atoms with Gasteiger partial charge in [0.1, 0.15) is 18.1 Å². The highest BCUT2D eigenvalue weighted by molar-refractivity contribution is 7.97. The van der Waals surface area contributed by atoms with E-state index in [1.807, 2.05) is 18.2 Å². The van der Waals surface area contributed by atoms with Crippen LogP contribution < -0.4 is 9.47 Å². The predicted octanol–water partition coefficient (Wildman–Crippen LogP) is 5.80. The third-order valence-electron chi connectivity index (χ3n) is 5.44. The number of benzene rings is 2. The third kappa shape index (κ3) is 4.86. The Balaban J connectivity index is 1.30. The zero-order valence-electron chi connectivity index (χ0n) is 17.0. The molecule has 5 rings (SSSR count). The lowest BCUT2D eigenvalue weighted by Gasteiger charge is -2.21. The summed E-state index contributed by atoms with van der Waals surface area (Å²) in [6.45, 7) is 1.70. The summed E-state index contributed by atoms with van der Waals surface area (Å²) < 4.78 is 54.9. The van der Waals surface area contributed by atoms with Crippen LogP contribution in [0.1, 0.15) is 37.0 Å². The molecule has 6 nitrogen and oxygen atoms in total. The Kier molecular flexibility index (Phi) is 5.73. The standard InChI is InChI=1S/C22H20F3N3O3S/c23-22(24,25)31-17-7-4-14(5-8-17)16-6-9-18-19(12-16)32-28(10-11-29-18)13-20-26-27-21(30-20)15-2-1-3-15/h4-9,12,15H,1-3,10-11,13H2. The Morgan fingerprint density at radius 1 is 1.06 bits per heavy atom. The van der Waals surface area contributed by atoms with Gasteiger partial charge in [0.15, 0.2) is 0 Å². The third-order valence-corrected chi connectivity index (χ3v) is 6.52. The fraction of sp³-hybridized carbons (Fsp3) is 0.364. The van der Waals surface area contributed by atoms with Gasteiger partial charge in [0, 0.05) is 12.5 Å². The maximum absolute atomic E-state index is 12.4. The van der Waals surface area contributed by atoms with Crippen LogP contribution in [-0.4, -0.2) is 34.0 Å². The van der Waals surface area contributed by atoms with Gasteiger partial charge in [-0.1, -0.05) is 24.6 Å². The fourth-order valence-corrected chi connectivity index (χ4v) is 4.60. The number of halogens is 3. The minimum atomic E-state index is -4.71. The van der Waals surface area contributed by atoms with Gasteiger partial charge in [-0.3, -0.25) is 0 Å². The van der Waals surface area contributed by atoms with Gasteiger partial charge in [-0.25, -0.2) is 4.31 Å². The molecule has 10 heteroatoms. The second-order valence-corrected chi connectivity index (χ2v) is 8.84. The quantitative estimate of drug-likeness (QED) is 0.443. The molecule has 0 bridgehead atoms. The van der Waals surface area contributed by atoms with Gasteiger partial charge in [0.05, 0.1) is 11.4 Å². The number of alkyl halides is 3. The Labute approximate surface area is 186 Å². The number of fused-ring (bicyclic) bond motifs is 1. The van der Waals surface area contributed by atoms with E-state index in [1.54, 1.807) is 12.1 Å².